The quantitative estimate of drug-likeness (QED) is 0.764. The smallest absolute Gasteiger partial charge is 0.407 e. The Labute approximate surface area is 170 Å². The molecule has 1 aromatic carbocycles. The van der Waals surface area contributed by atoms with Crippen LogP contribution in [0.5, 0.6) is 0 Å². The molecule has 0 spiro atoms. The van der Waals surface area contributed by atoms with Gasteiger partial charge in [0.2, 0.25) is 5.91 Å². The normalized spacial score (nSPS) is 19.9. The molecular weight excluding hydrogens is 408 g/mol. The van der Waals surface area contributed by atoms with Gasteiger partial charge in [-0.25, -0.2) is 4.79 Å². The van der Waals surface area contributed by atoms with Crippen molar-refractivity contribution < 1.29 is 14.3 Å². The third-order valence-electron chi connectivity index (χ3n) is 5.52. The lowest BCUT2D eigenvalue weighted by atomic mass is 9.63. The summed E-state index contributed by atoms with van der Waals surface area (Å²) >= 11 is 3.47. The van der Waals surface area contributed by atoms with E-state index in [1.807, 2.05) is 37.8 Å². The predicted octanol–water partition coefficient (Wildman–Crippen LogP) is 4.39. The number of amides is 2. The molecule has 5 nitrogen and oxygen atoms in total. The number of ether oxygens (including phenoxy) is 1. The summed E-state index contributed by atoms with van der Waals surface area (Å²) in [5, 5.41) is 2.94. The molecule has 0 atom stereocenters. The zero-order valence-corrected chi connectivity index (χ0v) is 18.0. The third-order valence-corrected chi connectivity index (χ3v) is 6.04. The van der Waals surface area contributed by atoms with Gasteiger partial charge in [-0.05, 0) is 64.2 Å². The van der Waals surface area contributed by atoms with Crippen LogP contribution in [-0.4, -0.2) is 41.6 Å². The van der Waals surface area contributed by atoms with Crippen molar-refractivity contribution in [1.82, 2.24) is 10.2 Å². The highest BCUT2D eigenvalue weighted by Crippen LogP contribution is 2.45. The average molecular weight is 437 g/mol. The van der Waals surface area contributed by atoms with Gasteiger partial charge < -0.3 is 15.0 Å². The molecule has 1 heterocycles. The second-order valence-electron chi connectivity index (χ2n) is 8.66. The van der Waals surface area contributed by atoms with Gasteiger partial charge >= 0.3 is 6.09 Å². The number of piperidine rings is 1. The van der Waals surface area contributed by atoms with Crippen molar-refractivity contribution in [3.63, 3.8) is 0 Å². The first-order valence-electron chi connectivity index (χ1n) is 9.75. The van der Waals surface area contributed by atoms with E-state index >= 15 is 0 Å². The molecule has 1 aliphatic carbocycles. The number of hydrogen-bond acceptors (Lipinski definition) is 3. The van der Waals surface area contributed by atoms with Crippen molar-refractivity contribution in [3.05, 3.63) is 34.3 Å². The fourth-order valence-corrected chi connectivity index (χ4v) is 4.19. The zero-order valence-electron chi connectivity index (χ0n) is 16.4. The maximum atomic E-state index is 13.3. The largest absolute Gasteiger partial charge is 0.444 e. The minimum absolute atomic E-state index is 0.0638. The van der Waals surface area contributed by atoms with Crippen molar-refractivity contribution in [3.8, 4) is 0 Å². The summed E-state index contributed by atoms with van der Waals surface area (Å²) in [5.41, 5.74) is 0.268. The fraction of sp³-hybridized carbons (Fsp3) is 0.619. The molecule has 0 bridgehead atoms. The Bertz CT molecular complexity index is 684. The van der Waals surface area contributed by atoms with Crippen LogP contribution in [0.15, 0.2) is 28.7 Å². The molecule has 1 N–H and O–H groups in total. The summed E-state index contributed by atoms with van der Waals surface area (Å²) in [4.78, 5) is 27.2. The second kappa shape index (κ2) is 7.82. The SMILES string of the molecule is CC(C)(C)OC(=O)NC1CCN(C(=O)C2(c3ccc(Br)cc3)CCC2)CC1. The Hall–Kier alpha value is -1.56. The standard InChI is InChI=1S/C21H29BrN2O3/c1-20(2,3)27-19(26)23-17-9-13-24(14-10-17)18(25)21(11-4-12-21)15-5-7-16(22)8-6-15/h5-8,17H,4,9-14H2,1-3H3,(H,23,26). The summed E-state index contributed by atoms with van der Waals surface area (Å²) in [7, 11) is 0. The molecule has 27 heavy (non-hydrogen) atoms. The van der Waals surface area contributed by atoms with Gasteiger partial charge in [0.05, 0.1) is 5.41 Å². The molecule has 6 heteroatoms. The summed E-state index contributed by atoms with van der Waals surface area (Å²) in [6.07, 6.45) is 4.09. The molecule has 3 rings (SSSR count). The molecule has 2 amide bonds. The van der Waals surface area contributed by atoms with Crippen LogP contribution in [0.25, 0.3) is 0 Å². The highest BCUT2D eigenvalue weighted by molar-refractivity contribution is 9.10. The molecule has 1 saturated heterocycles. The molecule has 148 valence electrons. The molecule has 2 fully saturated rings. The van der Waals surface area contributed by atoms with Gasteiger partial charge in [-0.15, -0.1) is 0 Å². The molecule has 0 unspecified atom stereocenters. The number of benzene rings is 1. The second-order valence-corrected chi connectivity index (χ2v) is 9.57. The van der Waals surface area contributed by atoms with Crippen molar-refractivity contribution in [2.75, 3.05) is 13.1 Å². The number of halogens is 1. The molecular formula is C21H29BrN2O3. The topological polar surface area (TPSA) is 58.6 Å². The van der Waals surface area contributed by atoms with E-state index in [0.717, 1.165) is 42.1 Å². The average Bonchev–Trinajstić information content (AvgIpc) is 2.54. The number of carbonyl (C=O) groups is 2. The number of alkyl carbamates (subject to hydrolysis) is 1. The van der Waals surface area contributed by atoms with Crippen LogP contribution in [0.4, 0.5) is 4.79 Å². The van der Waals surface area contributed by atoms with Crippen molar-refractivity contribution in [2.24, 2.45) is 0 Å². The van der Waals surface area contributed by atoms with Crippen LogP contribution >= 0.6 is 15.9 Å². The molecule has 1 aliphatic heterocycles. The summed E-state index contributed by atoms with van der Waals surface area (Å²) in [5.74, 6) is 0.242. The molecule has 0 radical (unpaired) electrons. The minimum Gasteiger partial charge on any atom is -0.444 e. The highest BCUT2D eigenvalue weighted by Gasteiger charge is 2.48. The number of hydrogen-bond donors (Lipinski definition) is 1. The van der Waals surface area contributed by atoms with Crippen LogP contribution in [0, 0.1) is 0 Å². The summed E-state index contributed by atoms with van der Waals surface area (Å²) < 4.78 is 6.36. The summed E-state index contributed by atoms with van der Waals surface area (Å²) in [6.45, 7) is 6.92. The maximum absolute atomic E-state index is 13.3. The van der Waals surface area contributed by atoms with Crippen molar-refractivity contribution in [1.29, 1.82) is 0 Å². The van der Waals surface area contributed by atoms with E-state index < -0.39 is 5.60 Å². The van der Waals surface area contributed by atoms with Gasteiger partial charge in [-0.3, -0.25) is 4.79 Å². The fourth-order valence-electron chi connectivity index (χ4n) is 3.93. The third kappa shape index (κ3) is 4.65. The molecule has 2 aliphatic rings. The summed E-state index contributed by atoms with van der Waals surface area (Å²) in [6, 6.07) is 8.23. The van der Waals surface area contributed by atoms with Gasteiger partial charge in [0.1, 0.15) is 5.60 Å². The first-order valence-corrected chi connectivity index (χ1v) is 10.5. The lowest BCUT2D eigenvalue weighted by Gasteiger charge is -2.45. The van der Waals surface area contributed by atoms with E-state index in [9.17, 15) is 9.59 Å². The predicted molar refractivity (Wildman–Crippen MR) is 109 cm³/mol. The van der Waals surface area contributed by atoms with Crippen LogP contribution in [0.2, 0.25) is 0 Å². The van der Waals surface area contributed by atoms with E-state index in [1.165, 1.54) is 0 Å². The Balaban J connectivity index is 1.58. The van der Waals surface area contributed by atoms with Gasteiger partial charge in [0.25, 0.3) is 0 Å². The number of carbonyl (C=O) groups excluding carboxylic acids is 2. The van der Waals surface area contributed by atoms with E-state index in [-0.39, 0.29) is 23.5 Å². The number of likely N-dealkylation sites (tertiary alicyclic amines) is 1. The highest BCUT2D eigenvalue weighted by atomic mass is 79.9. The Morgan fingerprint density at radius 1 is 1.15 bits per heavy atom. The zero-order chi connectivity index (χ0) is 19.7. The van der Waals surface area contributed by atoms with Crippen molar-refractivity contribution in [2.45, 2.75) is 69.9 Å². The van der Waals surface area contributed by atoms with E-state index in [4.69, 9.17) is 4.74 Å². The lowest BCUT2D eigenvalue weighted by Crippen LogP contribution is -2.55. The number of nitrogens with one attached hydrogen (secondary N) is 1. The molecule has 0 aromatic heterocycles. The first-order chi connectivity index (χ1) is 12.7. The molecule has 1 saturated carbocycles. The van der Waals surface area contributed by atoms with E-state index in [1.54, 1.807) is 0 Å². The number of nitrogens with zero attached hydrogens (tertiary/aromatic N) is 1. The Kier molecular flexibility index (Phi) is 5.84. The first kappa shape index (κ1) is 20.2. The lowest BCUT2D eigenvalue weighted by molar-refractivity contribution is -0.142. The van der Waals surface area contributed by atoms with E-state index in [0.29, 0.717) is 13.1 Å². The molecule has 1 aromatic rings. The van der Waals surface area contributed by atoms with Gasteiger partial charge in [-0.2, -0.15) is 0 Å². The monoisotopic (exact) mass is 436 g/mol. The van der Waals surface area contributed by atoms with Crippen LogP contribution in [-0.2, 0) is 14.9 Å². The van der Waals surface area contributed by atoms with Crippen LogP contribution in [0.3, 0.4) is 0 Å². The maximum Gasteiger partial charge on any atom is 0.407 e. The van der Waals surface area contributed by atoms with Gasteiger partial charge in [0, 0.05) is 23.6 Å². The van der Waals surface area contributed by atoms with Crippen LogP contribution < -0.4 is 5.32 Å². The van der Waals surface area contributed by atoms with E-state index in [2.05, 4.69) is 33.4 Å². The minimum atomic E-state index is -0.498. The van der Waals surface area contributed by atoms with Crippen molar-refractivity contribution >= 4 is 27.9 Å². The Morgan fingerprint density at radius 2 is 1.74 bits per heavy atom. The van der Waals surface area contributed by atoms with Gasteiger partial charge in [0.15, 0.2) is 0 Å². The van der Waals surface area contributed by atoms with Gasteiger partial charge in [-0.1, -0.05) is 34.5 Å². The Morgan fingerprint density at radius 3 is 2.22 bits per heavy atom. The number of rotatable bonds is 3. The van der Waals surface area contributed by atoms with Crippen LogP contribution in [0.1, 0.15) is 58.4 Å².